The average Bonchev–Trinajstić information content (AvgIpc) is 2.40. The highest BCUT2D eigenvalue weighted by Gasteiger charge is 2.28. The Morgan fingerprint density at radius 3 is 2.60 bits per heavy atom. The second-order valence-corrected chi connectivity index (χ2v) is 6.56. The van der Waals surface area contributed by atoms with Crippen LogP contribution in [0.5, 0.6) is 0 Å². The van der Waals surface area contributed by atoms with Crippen LogP contribution >= 0.6 is 0 Å². The first-order valence-corrected chi connectivity index (χ1v) is 7.56. The van der Waals surface area contributed by atoms with Crippen LogP contribution in [0.25, 0.3) is 0 Å². The molecule has 5 heteroatoms. The van der Waals surface area contributed by atoms with Gasteiger partial charge in [0.05, 0.1) is 0 Å². The molecule has 0 spiro atoms. The molecule has 0 saturated heterocycles. The number of aromatic nitrogens is 2. The van der Waals surface area contributed by atoms with Crippen molar-refractivity contribution in [3.05, 3.63) is 11.4 Å². The van der Waals surface area contributed by atoms with Crippen molar-refractivity contribution in [2.24, 2.45) is 11.3 Å². The molecule has 1 aromatic heterocycles. The predicted octanol–water partition coefficient (Wildman–Crippen LogP) is 3.01. The number of hydrogen-bond donors (Lipinski definition) is 3. The number of hydrogen-bond acceptors (Lipinski definition) is 5. The van der Waals surface area contributed by atoms with Crippen molar-refractivity contribution in [3.63, 3.8) is 0 Å². The van der Waals surface area contributed by atoms with Gasteiger partial charge in [0.25, 0.3) is 0 Å². The number of nitrogen functional groups attached to an aromatic ring is 1. The zero-order chi connectivity index (χ0) is 14.8. The topological polar surface area (TPSA) is 75.9 Å². The summed E-state index contributed by atoms with van der Waals surface area (Å²) in [4.78, 5) is 9.03. The van der Waals surface area contributed by atoms with Gasteiger partial charge in [-0.1, -0.05) is 27.2 Å². The fourth-order valence-corrected chi connectivity index (χ4v) is 3.02. The largest absolute Gasteiger partial charge is 0.367 e. The fourth-order valence-electron chi connectivity index (χ4n) is 3.02. The van der Waals surface area contributed by atoms with E-state index in [0.29, 0.717) is 11.5 Å². The Hall–Kier alpha value is -1.36. The van der Waals surface area contributed by atoms with E-state index in [1.54, 1.807) is 0 Å². The maximum atomic E-state index is 5.55. The molecule has 1 fully saturated rings. The SMILES string of the molecule is CCc1nc(NN)c(C)c(NC2CCCC(C)(C)C2)n1. The number of anilines is 2. The molecule has 2 rings (SSSR count). The summed E-state index contributed by atoms with van der Waals surface area (Å²) in [7, 11) is 0. The summed E-state index contributed by atoms with van der Waals surface area (Å²) in [6.07, 6.45) is 5.78. The quantitative estimate of drug-likeness (QED) is 0.582. The summed E-state index contributed by atoms with van der Waals surface area (Å²) < 4.78 is 0. The first-order chi connectivity index (χ1) is 9.45. The van der Waals surface area contributed by atoms with Crippen molar-refractivity contribution in [1.29, 1.82) is 0 Å². The van der Waals surface area contributed by atoms with Crippen LogP contribution in [0.4, 0.5) is 11.6 Å². The van der Waals surface area contributed by atoms with Crippen LogP contribution in [0, 0.1) is 12.3 Å². The van der Waals surface area contributed by atoms with Crippen LogP contribution in [0.15, 0.2) is 0 Å². The monoisotopic (exact) mass is 277 g/mol. The van der Waals surface area contributed by atoms with E-state index in [0.717, 1.165) is 29.4 Å². The van der Waals surface area contributed by atoms with E-state index < -0.39 is 0 Å². The zero-order valence-corrected chi connectivity index (χ0v) is 13.1. The van der Waals surface area contributed by atoms with E-state index in [4.69, 9.17) is 5.84 Å². The third kappa shape index (κ3) is 3.39. The molecule has 20 heavy (non-hydrogen) atoms. The standard InChI is InChI=1S/C15H27N5/c1-5-12-18-13(10(2)14(19-12)20-16)17-11-7-6-8-15(3,4)9-11/h11H,5-9,16H2,1-4H3,(H2,17,18,19,20). The van der Waals surface area contributed by atoms with Crippen molar-refractivity contribution >= 4 is 11.6 Å². The highest BCUT2D eigenvalue weighted by molar-refractivity contribution is 5.57. The van der Waals surface area contributed by atoms with Gasteiger partial charge in [0.1, 0.15) is 17.5 Å². The van der Waals surface area contributed by atoms with Gasteiger partial charge in [-0.2, -0.15) is 0 Å². The smallest absolute Gasteiger partial charge is 0.148 e. The van der Waals surface area contributed by atoms with Gasteiger partial charge in [0.2, 0.25) is 0 Å². The van der Waals surface area contributed by atoms with E-state index in [1.165, 1.54) is 25.7 Å². The lowest BCUT2D eigenvalue weighted by Crippen LogP contribution is -2.32. The van der Waals surface area contributed by atoms with E-state index >= 15 is 0 Å². The number of rotatable bonds is 4. The first kappa shape index (κ1) is 15.0. The third-order valence-corrected chi connectivity index (χ3v) is 4.19. The molecule has 1 heterocycles. The summed E-state index contributed by atoms with van der Waals surface area (Å²) in [5, 5.41) is 3.61. The highest BCUT2D eigenvalue weighted by Crippen LogP contribution is 2.36. The molecule has 1 aromatic rings. The third-order valence-electron chi connectivity index (χ3n) is 4.19. The average molecular weight is 277 g/mol. The Bertz CT molecular complexity index is 470. The van der Waals surface area contributed by atoms with Gasteiger partial charge in [0, 0.05) is 18.0 Å². The molecule has 112 valence electrons. The molecule has 0 radical (unpaired) electrons. The van der Waals surface area contributed by atoms with Gasteiger partial charge in [-0.05, 0) is 31.6 Å². The number of aryl methyl sites for hydroxylation is 1. The van der Waals surface area contributed by atoms with Crippen LogP contribution in [0.3, 0.4) is 0 Å². The first-order valence-electron chi connectivity index (χ1n) is 7.56. The summed E-state index contributed by atoms with van der Waals surface area (Å²) in [6, 6.07) is 0.489. The maximum absolute atomic E-state index is 5.55. The van der Waals surface area contributed by atoms with E-state index in [9.17, 15) is 0 Å². The minimum absolute atomic E-state index is 0.416. The molecule has 0 bridgehead atoms. The number of nitrogens with one attached hydrogen (secondary N) is 2. The van der Waals surface area contributed by atoms with Gasteiger partial charge in [-0.15, -0.1) is 0 Å². The summed E-state index contributed by atoms with van der Waals surface area (Å²) >= 11 is 0. The number of nitrogens with two attached hydrogens (primary N) is 1. The fraction of sp³-hybridized carbons (Fsp3) is 0.733. The van der Waals surface area contributed by atoms with Crippen molar-refractivity contribution in [2.45, 2.75) is 65.8 Å². The lowest BCUT2D eigenvalue weighted by molar-refractivity contribution is 0.229. The lowest BCUT2D eigenvalue weighted by atomic mass is 9.75. The molecule has 0 aliphatic heterocycles. The van der Waals surface area contributed by atoms with Crippen LogP contribution in [0.2, 0.25) is 0 Å². The molecule has 1 saturated carbocycles. The van der Waals surface area contributed by atoms with Gasteiger partial charge >= 0.3 is 0 Å². The lowest BCUT2D eigenvalue weighted by Gasteiger charge is -2.36. The van der Waals surface area contributed by atoms with Crippen LogP contribution in [-0.4, -0.2) is 16.0 Å². The van der Waals surface area contributed by atoms with Gasteiger partial charge in [-0.3, -0.25) is 0 Å². The minimum Gasteiger partial charge on any atom is -0.367 e. The Kier molecular flexibility index (Phi) is 4.48. The molecule has 4 N–H and O–H groups in total. The Balaban J connectivity index is 2.20. The number of nitrogens with zero attached hydrogens (tertiary/aromatic N) is 2. The molecule has 1 atom stereocenters. The molecule has 1 unspecified atom stereocenters. The Morgan fingerprint density at radius 2 is 2.00 bits per heavy atom. The number of hydrazine groups is 1. The second kappa shape index (κ2) is 5.95. The van der Waals surface area contributed by atoms with Crippen molar-refractivity contribution in [3.8, 4) is 0 Å². The summed E-state index contributed by atoms with van der Waals surface area (Å²) in [6.45, 7) is 8.75. The molecular formula is C15H27N5. The maximum Gasteiger partial charge on any atom is 0.148 e. The molecule has 5 nitrogen and oxygen atoms in total. The Labute approximate surface area is 121 Å². The molecule has 0 aromatic carbocycles. The van der Waals surface area contributed by atoms with E-state index in [1.807, 2.05) is 6.92 Å². The molecule has 1 aliphatic carbocycles. The van der Waals surface area contributed by atoms with Crippen molar-refractivity contribution < 1.29 is 0 Å². The van der Waals surface area contributed by atoms with Gasteiger partial charge in [0.15, 0.2) is 0 Å². The van der Waals surface area contributed by atoms with Crippen LogP contribution in [0.1, 0.15) is 57.8 Å². The molecular weight excluding hydrogens is 250 g/mol. The van der Waals surface area contributed by atoms with Crippen LogP contribution < -0.4 is 16.6 Å². The summed E-state index contributed by atoms with van der Waals surface area (Å²) in [5.74, 6) is 8.01. The highest BCUT2D eigenvalue weighted by atomic mass is 15.3. The predicted molar refractivity (Wildman–Crippen MR) is 83.6 cm³/mol. The minimum atomic E-state index is 0.416. The van der Waals surface area contributed by atoms with E-state index in [2.05, 4.69) is 41.5 Å². The molecule has 1 aliphatic rings. The van der Waals surface area contributed by atoms with E-state index in [-0.39, 0.29) is 0 Å². The summed E-state index contributed by atoms with van der Waals surface area (Å²) in [5.41, 5.74) is 4.08. The van der Waals surface area contributed by atoms with Crippen molar-refractivity contribution in [2.75, 3.05) is 10.7 Å². The normalized spacial score (nSPS) is 21.6. The second-order valence-electron chi connectivity index (χ2n) is 6.56. The van der Waals surface area contributed by atoms with Gasteiger partial charge in [-0.25, -0.2) is 15.8 Å². The van der Waals surface area contributed by atoms with Crippen molar-refractivity contribution in [1.82, 2.24) is 9.97 Å². The Morgan fingerprint density at radius 1 is 1.30 bits per heavy atom. The zero-order valence-electron chi connectivity index (χ0n) is 13.1. The van der Waals surface area contributed by atoms with Crippen LogP contribution in [-0.2, 0) is 6.42 Å². The van der Waals surface area contributed by atoms with Gasteiger partial charge < -0.3 is 10.7 Å². The molecule has 0 amide bonds.